The standard InChI is InChI=1S/C24H36BFN2O5/c1-16-15-27(11-12-28(16)21(30)31-22(2,3)4)20(29)13-17-9-10-18(26)14-19(17)25-32-23(5,6)24(7,8)33-25/h9-10,14,16H,11-13,15H2,1-8H3/t16-/m0/s1. The number of piperazine rings is 1. The highest BCUT2D eigenvalue weighted by atomic mass is 19.1. The average Bonchev–Trinajstić information content (AvgIpc) is 2.88. The Morgan fingerprint density at radius 3 is 2.30 bits per heavy atom. The van der Waals surface area contributed by atoms with Gasteiger partial charge in [0.2, 0.25) is 5.91 Å². The average molecular weight is 462 g/mol. The van der Waals surface area contributed by atoms with Gasteiger partial charge >= 0.3 is 13.2 Å². The third-order valence-corrected chi connectivity index (χ3v) is 6.56. The van der Waals surface area contributed by atoms with Crippen molar-refractivity contribution < 1.29 is 28.0 Å². The number of carbonyl (C=O) groups excluding carboxylic acids is 2. The van der Waals surface area contributed by atoms with E-state index >= 15 is 0 Å². The van der Waals surface area contributed by atoms with Gasteiger partial charge in [-0.3, -0.25) is 4.79 Å². The van der Waals surface area contributed by atoms with Gasteiger partial charge in [0.25, 0.3) is 0 Å². The lowest BCUT2D eigenvalue weighted by atomic mass is 9.75. The highest BCUT2D eigenvalue weighted by Crippen LogP contribution is 2.36. The van der Waals surface area contributed by atoms with Gasteiger partial charge in [0.1, 0.15) is 11.4 Å². The minimum absolute atomic E-state index is 0.0879. The van der Waals surface area contributed by atoms with Crippen molar-refractivity contribution >= 4 is 24.6 Å². The molecule has 1 aromatic carbocycles. The number of hydrogen-bond acceptors (Lipinski definition) is 5. The van der Waals surface area contributed by atoms with Crippen LogP contribution in [0.4, 0.5) is 9.18 Å². The molecular weight excluding hydrogens is 426 g/mol. The van der Waals surface area contributed by atoms with Gasteiger partial charge in [-0.05, 0) is 78.5 Å². The summed E-state index contributed by atoms with van der Waals surface area (Å²) >= 11 is 0. The van der Waals surface area contributed by atoms with Gasteiger partial charge in [-0.25, -0.2) is 9.18 Å². The summed E-state index contributed by atoms with van der Waals surface area (Å²) in [5.41, 5.74) is -0.516. The SMILES string of the molecule is C[C@H]1CN(C(=O)Cc2ccc(F)cc2B2OC(C)(C)C(C)(C)O2)CCN1C(=O)OC(C)(C)C. The molecule has 2 amide bonds. The molecule has 2 fully saturated rings. The molecule has 0 aliphatic carbocycles. The van der Waals surface area contributed by atoms with E-state index in [1.165, 1.54) is 12.1 Å². The largest absolute Gasteiger partial charge is 0.495 e. The second-order valence-corrected chi connectivity index (χ2v) is 11.0. The molecule has 2 aliphatic rings. The molecular formula is C24H36BFN2O5. The summed E-state index contributed by atoms with van der Waals surface area (Å²) in [4.78, 5) is 29.0. The van der Waals surface area contributed by atoms with Crippen LogP contribution in [0.5, 0.6) is 0 Å². The highest BCUT2D eigenvalue weighted by molar-refractivity contribution is 6.62. The molecule has 9 heteroatoms. The predicted octanol–water partition coefficient (Wildman–Crippen LogP) is 3.14. The molecule has 1 atom stereocenters. The number of hydrogen-bond donors (Lipinski definition) is 0. The first-order valence-electron chi connectivity index (χ1n) is 11.5. The van der Waals surface area contributed by atoms with Crippen LogP contribution >= 0.6 is 0 Å². The van der Waals surface area contributed by atoms with E-state index in [0.717, 1.165) is 0 Å². The molecule has 2 heterocycles. The van der Waals surface area contributed by atoms with Crippen LogP contribution < -0.4 is 5.46 Å². The van der Waals surface area contributed by atoms with Crippen molar-refractivity contribution in [1.82, 2.24) is 9.80 Å². The van der Waals surface area contributed by atoms with E-state index in [1.807, 2.05) is 55.4 Å². The molecule has 182 valence electrons. The monoisotopic (exact) mass is 462 g/mol. The van der Waals surface area contributed by atoms with Crippen molar-refractivity contribution in [3.8, 4) is 0 Å². The Balaban J connectivity index is 1.70. The topological polar surface area (TPSA) is 68.3 Å². The lowest BCUT2D eigenvalue weighted by molar-refractivity contribution is -0.133. The summed E-state index contributed by atoms with van der Waals surface area (Å²) < 4.78 is 31.8. The van der Waals surface area contributed by atoms with Gasteiger partial charge < -0.3 is 23.8 Å². The second kappa shape index (κ2) is 8.91. The Morgan fingerprint density at radius 1 is 1.15 bits per heavy atom. The normalized spacial score (nSPS) is 22.5. The number of amides is 2. The minimum Gasteiger partial charge on any atom is -0.444 e. The van der Waals surface area contributed by atoms with Crippen LogP contribution in [0, 0.1) is 5.82 Å². The van der Waals surface area contributed by atoms with E-state index in [2.05, 4.69) is 0 Å². The fourth-order valence-corrected chi connectivity index (χ4v) is 3.97. The summed E-state index contributed by atoms with van der Waals surface area (Å²) in [7, 11) is -0.753. The first-order chi connectivity index (χ1) is 15.1. The van der Waals surface area contributed by atoms with E-state index in [1.54, 1.807) is 15.9 Å². The molecule has 2 saturated heterocycles. The Labute approximate surface area is 196 Å². The minimum atomic E-state index is -0.753. The van der Waals surface area contributed by atoms with Crippen molar-refractivity contribution in [3.05, 3.63) is 29.6 Å². The van der Waals surface area contributed by atoms with Gasteiger partial charge in [0.15, 0.2) is 0 Å². The maximum atomic E-state index is 14.1. The van der Waals surface area contributed by atoms with E-state index in [4.69, 9.17) is 14.0 Å². The number of nitrogens with zero attached hydrogens (tertiary/aromatic N) is 2. The zero-order valence-electron chi connectivity index (χ0n) is 21.0. The number of carbonyl (C=O) groups is 2. The number of rotatable bonds is 3. The quantitative estimate of drug-likeness (QED) is 0.646. The Bertz CT molecular complexity index is 899. The molecule has 33 heavy (non-hydrogen) atoms. The second-order valence-electron chi connectivity index (χ2n) is 11.0. The van der Waals surface area contributed by atoms with Crippen LogP contribution in [0.3, 0.4) is 0 Å². The molecule has 0 saturated carbocycles. The Morgan fingerprint density at radius 2 is 1.76 bits per heavy atom. The molecule has 1 aromatic rings. The van der Waals surface area contributed by atoms with Gasteiger partial charge in [-0.1, -0.05) is 6.07 Å². The summed E-state index contributed by atoms with van der Waals surface area (Å²) in [6.45, 7) is 16.3. The zero-order chi connectivity index (χ0) is 24.8. The van der Waals surface area contributed by atoms with Gasteiger partial charge in [0, 0.05) is 25.7 Å². The smallest absolute Gasteiger partial charge is 0.444 e. The summed E-state index contributed by atoms with van der Waals surface area (Å²) in [5.74, 6) is -0.495. The molecule has 0 N–H and O–H groups in total. The summed E-state index contributed by atoms with van der Waals surface area (Å²) in [5, 5.41) is 0. The zero-order valence-corrected chi connectivity index (χ0v) is 21.0. The van der Waals surface area contributed by atoms with Crippen LogP contribution in [0.2, 0.25) is 0 Å². The van der Waals surface area contributed by atoms with Gasteiger partial charge in [-0.2, -0.15) is 0 Å². The lowest BCUT2D eigenvalue weighted by Gasteiger charge is -2.40. The van der Waals surface area contributed by atoms with E-state index in [-0.39, 0.29) is 24.5 Å². The third kappa shape index (κ3) is 5.69. The lowest BCUT2D eigenvalue weighted by Crippen LogP contribution is -2.56. The molecule has 0 unspecified atom stereocenters. The van der Waals surface area contributed by atoms with Crippen LogP contribution in [0.25, 0.3) is 0 Å². The number of ether oxygens (including phenoxy) is 1. The van der Waals surface area contributed by atoms with E-state index in [9.17, 15) is 14.0 Å². The third-order valence-electron chi connectivity index (χ3n) is 6.56. The van der Waals surface area contributed by atoms with Crippen molar-refractivity contribution in [2.45, 2.75) is 84.7 Å². The van der Waals surface area contributed by atoms with Gasteiger partial charge in [0.05, 0.1) is 17.6 Å². The van der Waals surface area contributed by atoms with E-state index in [0.29, 0.717) is 30.7 Å². The molecule has 3 rings (SSSR count). The molecule has 0 spiro atoms. The number of benzene rings is 1. The summed E-state index contributed by atoms with van der Waals surface area (Å²) in [6.07, 6.45) is -0.276. The van der Waals surface area contributed by atoms with E-state index < -0.39 is 29.7 Å². The molecule has 7 nitrogen and oxygen atoms in total. The van der Waals surface area contributed by atoms with Crippen molar-refractivity contribution in [2.24, 2.45) is 0 Å². The van der Waals surface area contributed by atoms with Gasteiger partial charge in [-0.15, -0.1) is 0 Å². The molecule has 2 aliphatic heterocycles. The molecule has 0 bridgehead atoms. The number of halogens is 1. The highest BCUT2D eigenvalue weighted by Gasteiger charge is 2.52. The predicted molar refractivity (Wildman–Crippen MR) is 125 cm³/mol. The Hall–Kier alpha value is -2.13. The van der Waals surface area contributed by atoms with Crippen LogP contribution in [0.15, 0.2) is 18.2 Å². The van der Waals surface area contributed by atoms with Crippen LogP contribution in [0.1, 0.15) is 61.0 Å². The van der Waals surface area contributed by atoms with Crippen molar-refractivity contribution in [3.63, 3.8) is 0 Å². The van der Waals surface area contributed by atoms with Crippen molar-refractivity contribution in [1.29, 1.82) is 0 Å². The Kier molecular flexibility index (Phi) is 6.88. The van der Waals surface area contributed by atoms with Crippen LogP contribution in [-0.4, -0.2) is 71.4 Å². The first-order valence-corrected chi connectivity index (χ1v) is 11.5. The first kappa shape index (κ1) is 25.5. The molecule has 0 radical (unpaired) electrons. The maximum absolute atomic E-state index is 14.1. The fourth-order valence-electron chi connectivity index (χ4n) is 3.97. The van der Waals surface area contributed by atoms with Crippen LogP contribution in [-0.2, 0) is 25.3 Å². The molecule has 0 aromatic heterocycles. The fraction of sp³-hybridized carbons (Fsp3) is 0.667. The summed E-state index contributed by atoms with van der Waals surface area (Å²) in [6, 6.07) is 4.18. The van der Waals surface area contributed by atoms with Crippen molar-refractivity contribution in [2.75, 3.05) is 19.6 Å². The maximum Gasteiger partial charge on any atom is 0.495 e.